The van der Waals surface area contributed by atoms with E-state index in [0.29, 0.717) is 0 Å². The van der Waals surface area contributed by atoms with Crippen molar-refractivity contribution in [2.24, 2.45) is 7.05 Å². The van der Waals surface area contributed by atoms with Gasteiger partial charge in [-0.05, 0) is 59.3 Å². The zero-order chi connectivity index (χ0) is 15.4. The van der Waals surface area contributed by atoms with Crippen molar-refractivity contribution in [1.29, 1.82) is 0 Å². The molecule has 0 aliphatic rings. The molecular formula is C15H19BrIN3O. The third kappa shape index (κ3) is 3.78. The van der Waals surface area contributed by atoms with Crippen molar-refractivity contribution in [3.05, 3.63) is 43.7 Å². The summed E-state index contributed by atoms with van der Waals surface area (Å²) in [7, 11) is 3.63. The zero-order valence-electron chi connectivity index (χ0n) is 12.4. The average molecular weight is 464 g/mol. The smallest absolute Gasteiger partial charge is 0.161 e. The quantitative estimate of drug-likeness (QED) is 0.660. The van der Waals surface area contributed by atoms with Crippen LogP contribution in [0.15, 0.2) is 28.9 Å². The largest absolute Gasteiger partial charge is 0.493 e. The van der Waals surface area contributed by atoms with Crippen molar-refractivity contribution in [2.75, 3.05) is 13.7 Å². The fourth-order valence-corrected chi connectivity index (χ4v) is 3.28. The van der Waals surface area contributed by atoms with Gasteiger partial charge in [0.25, 0.3) is 0 Å². The van der Waals surface area contributed by atoms with Gasteiger partial charge in [-0.1, -0.05) is 22.9 Å². The summed E-state index contributed by atoms with van der Waals surface area (Å²) in [6, 6.07) is 6.40. The van der Waals surface area contributed by atoms with E-state index in [2.05, 4.69) is 74.1 Å². The Kier molecular flexibility index (Phi) is 6.07. The molecule has 114 valence electrons. The molecule has 1 unspecified atom stereocenters. The van der Waals surface area contributed by atoms with Crippen LogP contribution in [0.4, 0.5) is 0 Å². The summed E-state index contributed by atoms with van der Waals surface area (Å²) in [6.07, 6.45) is 2.83. The first-order valence-corrected chi connectivity index (χ1v) is 8.69. The maximum atomic E-state index is 5.48. The number of nitrogens with one attached hydrogen (secondary N) is 1. The second-order valence-electron chi connectivity index (χ2n) is 4.77. The van der Waals surface area contributed by atoms with E-state index in [0.717, 1.165) is 28.9 Å². The Morgan fingerprint density at radius 3 is 2.90 bits per heavy atom. The molecule has 2 rings (SSSR count). The van der Waals surface area contributed by atoms with E-state index in [1.807, 2.05) is 11.7 Å². The molecule has 1 aromatic heterocycles. The number of aryl methyl sites for hydroxylation is 1. The van der Waals surface area contributed by atoms with Crippen LogP contribution in [0.1, 0.15) is 30.6 Å². The number of hydrogen-bond donors (Lipinski definition) is 1. The van der Waals surface area contributed by atoms with Crippen LogP contribution in [0.2, 0.25) is 0 Å². The first-order chi connectivity index (χ1) is 10.1. The average Bonchev–Trinajstić information content (AvgIpc) is 2.84. The van der Waals surface area contributed by atoms with Crippen LogP contribution in [0.5, 0.6) is 5.75 Å². The van der Waals surface area contributed by atoms with Gasteiger partial charge in [-0.25, -0.2) is 0 Å². The molecule has 1 aromatic carbocycles. The maximum absolute atomic E-state index is 5.48. The number of nitrogens with zero attached hydrogens (tertiary/aromatic N) is 2. The van der Waals surface area contributed by atoms with E-state index in [1.165, 1.54) is 9.13 Å². The number of ether oxygens (including phenoxy) is 1. The molecule has 0 saturated carbocycles. The third-order valence-electron chi connectivity index (χ3n) is 3.31. The molecule has 1 heterocycles. The minimum atomic E-state index is 0.0384. The lowest BCUT2D eigenvalue weighted by atomic mass is 10.0. The van der Waals surface area contributed by atoms with Gasteiger partial charge >= 0.3 is 0 Å². The highest BCUT2D eigenvalue weighted by Gasteiger charge is 2.24. The maximum Gasteiger partial charge on any atom is 0.161 e. The molecular weight excluding hydrogens is 445 g/mol. The molecule has 0 radical (unpaired) electrons. The van der Waals surface area contributed by atoms with Crippen molar-refractivity contribution in [1.82, 2.24) is 15.1 Å². The Morgan fingerprint density at radius 1 is 1.48 bits per heavy atom. The summed E-state index contributed by atoms with van der Waals surface area (Å²) < 4.78 is 9.64. The van der Waals surface area contributed by atoms with Crippen molar-refractivity contribution >= 4 is 38.5 Å². The fourth-order valence-electron chi connectivity index (χ4n) is 2.29. The van der Waals surface area contributed by atoms with Gasteiger partial charge in [-0.15, -0.1) is 0 Å². The number of methoxy groups -OCH3 is 1. The molecule has 0 saturated heterocycles. The predicted octanol–water partition coefficient (Wildman–Crippen LogP) is 3.88. The normalized spacial score (nSPS) is 12.4. The Morgan fingerprint density at radius 2 is 2.24 bits per heavy atom. The Hall–Kier alpha value is -0.600. The Bertz CT molecular complexity index is 615. The molecule has 6 heteroatoms. The molecule has 1 atom stereocenters. The Balaban J connectivity index is 2.52. The molecule has 0 aliphatic carbocycles. The van der Waals surface area contributed by atoms with E-state index in [9.17, 15) is 0 Å². The minimum absolute atomic E-state index is 0.0384. The van der Waals surface area contributed by atoms with Crippen molar-refractivity contribution < 1.29 is 4.74 Å². The van der Waals surface area contributed by atoms with Crippen molar-refractivity contribution in [3.8, 4) is 5.75 Å². The van der Waals surface area contributed by atoms with E-state index in [1.54, 1.807) is 13.3 Å². The lowest BCUT2D eigenvalue weighted by Crippen LogP contribution is -2.26. The second kappa shape index (κ2) is 7.60. The van der Waals surface area contributed by atoms with E-state index in [-0.39, 0.29) is 6.04 Å². The molecule has 0 spiro atoms. The summed E-state index contributed by atoms with van der Waals surface area (Å²) in [4.78, 5) is 0. The highest BCUT2D eigenvalue weighted by molar-refractivity contribution is 14.1. The van der Waals surface area contributed by atoms with E-state index in [4.69, 9.17) is 4.74 Å². The highest BCUT2D eigenvalue weighted by Crippen LogP contribution is 2.34. The van der Waals surface area contributed by atoms with Crippen molar-refractivity contribution in [3.63, 3.8) is 0 Å². The van der Waals surface area contributed by atoms with E-state index < -0.39 is 0 Å². The summed E-state index contributed by atoms with van der Waals surface area (Å²) in [5, 5.41) is 7.93. The van der Waals surface area contributed by atoms with Crippen LogP contribution in [0, 0.1) is 3.57 Å². The molecule has 1 N–H and O–H groups in total. The first-order valence-electron chi connectivity index (χ1n) is 6.82. The summed E-state index contributed by atoms with van der Waals surface area (Å²) in [5.41, 5.74) is 2.23. The highest BCUT2D eigenvalue weighted by atomic mass is 127. The van der Waals surface area contributed by atoms with Crippen LogP contribution in [-0.4, -0.2) is 23.4 Å². The van der Waals surface area contributed by atoms with E-state index >= 15 is 0 Å². The topological polar surface area (TPSA) is 39.1 Å². The second-order valence-corrected chi connectivity index (χ2v) is 6.87. The van der Waals surface area contributed by atoms with Crippen LogP contribution in [0.3, 0.4) is 0 Å². The van der Waals surface area contributed by atoms with Crippen LogP contribution in [0.25, 0.3) is 0 Å². The van der Waals surface area contributed by atoms with Gasteiger partial charge in [-0.3, -0.25) is 4.68 Å². The molecule has 0 aliphatic heterocycles. The molecule has 21 heavy (non-hydrogen) atoms. The number of hydrogen-bond acceptors (Lipinski definition) is 3. The van der Waals surface area contributed by atoms with Gasteiger partial charge in [0.15, 0.2) is 5.75 Å². The monoisotopic (exact) mass is 463 g/mol. The lowest BCUT2D eigenvalue weighted by molar-refractivity contribution is 0.400. The van der Waals surface area contributed by atoms with Gasteiger partial charge in [0.1, 0.15) is 5.69 Å². The van der Waals surface area contributed by atoms with Gasteiger partial charge in [0, 0.05) is 15.1 Å². The fraction of sp³-hybridized carbons (Fsp3) is 0.400. The van der Waals surface area contributed by atoms with Gasteiger partial charge in [0.05, 0.1) is 19.3 Å². The SMILES string of the molecule is CCCNC(c1cc(I)ccc1Br)c1c(OC)cnn1C. The first kappa shape index (κ1) is 16.8. The molecule has 2 aromatic rings. The van der Waals surface area contributed by atoms with Gasteiger partial charge in [0.2, 0.25) is 0 Å². The molecule has 0 bridgehead atoms. The lowest BCUT2D eigenvalue weighted by Gasteiger charge is -2.22. The Labute approximate surface area is 147 Å². The summed E-state index contributed by atoms with van der Waals surface area (Å²) in [6.45, 7) is 3.09. The summed E-state index contributed by atoms with van der Waals surface area (Å²) in [5.74, 6) is 0.803. The number of aromatic nitrogens is 2. The third-order valence-corrected chi connectivity index (χ3v) is 4.70. The van der Waals surface area contributed by atoms with Gasteiger partial charge in [-0.2, -0.15) is 5.10 Å². The summed E-state index contributed by atoms with van der Waals surface area (Å²) >= 11 is 6.00. The molecule has 0 fully saturated rings. The number of rotatable bonds is 6. The number of halogens is 2. The standard InChI is InChI=1S/C15H19BrIN3O/c1-4-7-18-14(11-8-10(17)5-6-12(11)16)15-13(21-3)9-19-20(15)2/h5-6,8-9,14,18H,4,7H2,1-3H3. The molecule has 0 amide bonds. The molecule has 4 nitrogen and oxygen atoms in total. The van der Waals surface area contributed by atoms with Crippen LogP contribution in [-0.2, 0) is 7.05 Å². The minimum Gasteiger partial charge on any atom is -0.493 e. The van der Waals surface area contributed by atoms with Gasteiger partial charge < -0.3 is 10.1 Å². The van der Waals surface area contributed by atoms with Crippen molar-refractivity contribution in [2.45, 2.75) is 19.4 Å². The van der Waals surface area contributed by atoms with Crippen LogP contribution >= 0.6 is 38.5 Å². The zero-order valence-corrected chi connectivity index (χ0v) is 16.1. The van der Waals surface area contributed by atoms with Crippen LogP contribution < -0.4 is 10.1 Å². The number of benzene rings is 1. The predicted molar refractivity (Wildman–Crippen MR) is 96.8 cm³/mol.